The highest BCUT2D eigenvalue weighted by Crippen LogP contribution is 2.39. The van der Waals surface area contributed by atoms with Gasteiger partial charge < -0.3 is 10.3 Å². The lowest BCUT2D eigenvalue weighted by molar-refractivity contribution is 0.394. The van der Waals surface area contributed by atoms with Crippen molar-refractivity contribution in [1.29, 1.82) is 0 Å². The van der Waals surface area contributed by atoms with Crippen LogP contribution < -0.4 is 5.73 Å². The number of nitrogens with two attached hydrogens (primary N) is 1. The van der Waals surface area contributed by atoms with Gasteiger partial charge in [-0.25, -0.2) is 8.78 Å². The standard InChI is InChI=1S/C18H14ClF2N3O/c1-8-23-18(24-25-8)17-12(6-11(19)7-14(17)21)10-4-9-2-3-15(22)16(9)13(20)5-10/h4-7,15H,2-3,22H2,1H3. The van der Waals surface area contributed by atoms with Gasteiger partial charge in [0.25, 0.3) is 0 Å². The van der Waals surface area contributed by atoms with Crippen molar-refractivity contribution in [3.05, 3.63) is 57.9 Å². The first-order chi connectivity index (χ1) is 11.9. The predicted molar refractivity (Wildman–Crippen MR) is 90.1 cm³/mol. The largest absolute Gasteiger partial charge is 0.339 e. The van der Waals surface area contributed by atoms with E-state index in [1.165, 1.54) is 12.1 Å². The molecule has 2 N–H and O–H groups in total. The van der Waals surface area contributed by atoms with Crippen LogP contribution in [0.15, 0.2) is 28.8 Å². The Hall–Kier alpha value is -2.31. The summed E-state index contributed by atoms with van der Waals surface area (Å²) in [7, 11) is 0. The molecular weight excluding hydrogens is 348 g/mol. The van der Waals surface area contributed by atoms with Crippen molar-refractivity contribution in [1.82, 2.24) is 10.1 Å². The summed E-state index contributed by atoms with van der Waals surface area (Å²) in [5.41, 5.74) is 8.36. The van der Waals surface area contributed by atoms with Crippen molar-refractivity contribution in [2.75, 3.05) is 0 Å². The summed E-state index contributed by atoms with van der Waals surface area (Å²) in [5.74, 6) is -0.588. The van der Waals surface area contributed by atoms with E-state index >= 15 is 0 Å². The maximum Gasteiger partial charge on any atom is 0.223 e. The van der Waals surface area contributed by atoms with E-state index in [9.17, 15) is 8.78 Å². The molecule has 2 aromatic carbocycles. The molecule has 1 aliphatic carbocycles. The molecule has 128 valence electrons. The lowest BCUT2D eigenvalue weighted by Crippen LogP contribution is -2.07. The van der Waals surface area contributed by atoms with Crippen LogP contribution in [-0.4, -0.2) is 10.1 Å². The molecule has 4 rings (SSSR count). The van der Waals surface area contributed by atoms with E-state index in [0.717, 1.165) is 5.56 Å². The molecule has 7 heteroatoms. The Morgan fingerprint density at radius 2 is 2.00 bits per heavy atom. The zero-order valence-corrected chi connectivity index (χ0v) is 14.1. The SMILES string of the molecule is Cc1nc(-c2c(F)cc(Cl)cc2-c2cc(F)c3c(c2)CCC3N)no1. The van der Waals surface area contributed by atoms with Crippen molar-refractivity contribution < 1.29 is 13.3 Å². The van der Waals surface area contributed by atoms with Gasteiger partial charge in [-0.1, -0.05) is 22.8 Å². The van der Waals surface area contributed by atoms with Gasteiger partial charge in [0.1, 0.15) is 11.6 Å². The van der Waals surface area contributed by atoms with Crippen LogP contribution in [-0.2, 0) is 6.42 Å². The van der Waals surface area contributed by atoms with Crippen LogP contribution >= 0.6 is 11.6 Å². The molecule has 3 aromatic rings. The van der Waals surface area contributed by atoms with Crippen molar-refractivity contribution in [2.45, 2.75) is 25.8 Å². The zero-order valence-electron chi connectivity index (χ0n) is 13.3. The molecule has 0 saturated heterocycles. The molecule has 1 aliphatic rings. The first kappa shape index (κ1) is 16.2. The van der Waals surface area contributed by atoms with E-state index in [1.54, 1.807) is 13.0 Å². The van der Waals surface area contributed by atoms with Crippen molar-refractivity contribution in [3.63, 3.8) is 0 Å². The Bertz CT molecular complexity index is 987. The van der Waals surface area contributed by atoms with Gasteiger partial charge in [-0.2, -0.15) is 4.98 Å². The summed E-state index contributed by atoms with van der Waals surface area (Å²) >= 11 is 6.03. The summed E-state index contributed by atoms with van der Waals surface area (Å²) in [6.45, 7) is 1.61. The number of nitrogens with zero attached hydrogens (tertiary/aromatic N) is 2. The maximum absolute atomic E-state index is 14.6. The number of aromatic nitrogens is 2. The Labute approximate surface area is 147 Å². The third-order valence-corrected chi connectivity index (χ3v) is 4.65. The molecule has 0 radical (unpaired) electrons. The Morgan fingerprint density at radius 1 is 1.20 bits per heavy atom. The van der Waals surface area contributed by atoms with Gasteiger partial charge in [-0.05, 0) is 47.7 Å². The lowest BCUT2D eigenvalue weighted by Gasteiger charge is -2.13. The Kier molecular flexibility index (Phi) is 3.81. The minimum absolute atomic E-state index is 0.0966. The molecule has 0 amide bonds. The average molecular weight is 362 g/mol. The third kappa shape index (κ3) is 2.71. The number of hydrogen-bond donors (Lipinski definition) is 1. The maximum atomic E-state index is 14.6. The number of halogens is 3. The van der Waals surface area contributed by atoms with Gasteiger partial charge in [0.05, 0.1) is 5.56 Å². The Balaban J connectivity index is 1.96. The number of hydrogen-bond acceptors (Lipinski definition) is 4. The molecular formula is C18H14ClF2N3O. The molecule has 1 aromatic heterocycles. The molecule has 0 fully saturated rings. The summed E-state index contributed by atoms with van der Waals surface area (Å²) in [5, 5.41) is 3.99. The highest BCUT2D eigenvalue weighted by Gasteiger charge is 2.26. The van der Waals surface area contributed by atoms with Gasteiger partial charge in [-0.15, -0.1) is 0 Å². The van der Waals surface area contributed by atoms with E-state index in [0.29, 0.717) is 35.4 Å². The van der Waals surface area contributed by atoms with E-state index in [2.05, 4.69) is 10.1 Å². The number of rotatable bonds is 2. The fourth-order valence-corrected chi connectivity index (χ4v) is 3.54. The van der Waals surface area contributed by atoms with E-state index in [4.69, 9.17) is 21.9 Å². The molecule has 0 spiro atoms. The second-order valence-corrected chi connectivity index (χ2v) is 6.56. The topological polar surface area (TPSA) is 64.9 Å². The number of benzene rings is 2. The zero-order chi connectivity index (χ0) is 17.7. The molecule has 25 heavy (non-hydrogen) atoms. The lowest BCUT2D eigenvalue weighted by atomic mass is 9.95. The number of fused-ring (bicyclic) bond motifs is 1. The molecule has 1 atom stereocenters. The minimum Gasteiger partial charge on any atom is -0.339 e. The van der Waals surface area contributed by atoms with Crippen molar-refractivity contribution in [3.8, 4) is 22.5 Å². The van der Waals surface area contributed by atoms with Crippen LogP contribution in [0.1, 0.15) is 29.5 Å². The Morgan fingerprint density at radius 3 is 2.72 bits per heavy atom. The van der Waals surface area contributed by atoms with Crippen molar-refractivity contribution >= 4 is 11.6 Å². The highest BCUT2D eigenvalue weighted by molar-refractivity contribution is 6.31. The van der Waals surface area contributed by atoms with Crippen LogP contribution in [0.3, 0.4) is 0 Å². The van der Waals surface area contributed by atoms with Crippen molar-refractivity contribution in [2.24, 2.45) is 5.73 Å². The third-order valence-electron chi connectivity index (χ3n) is 4.43. The average Bonchev–Trinajstić information content (AvgIpc) is 3.13. The van der Waals surface area contributed by atoms with Gasteiger partial charge >= 0.3 is 0 Å². The molecule has 1 heterocycles. The molecule has 0 saturated carbocycles. The second-order valence-electron chi connectivity index (χ2n) is 6.12. The van der Waals surface area contributed by atoms with Gasteiger partial charge in [0.15, 0.2) is 0 Å². The summed E-state index contributed by atoms with van der Waals surface area (Å²) in [6, 6.07) is 5.62. The van der Waals surface area contributed by atoms with Gasteiger partial charge in [0, 0.05) is 23.6 Å². The summed E-state index contributed by atoms with van der Waals surface area (Å²) in [4.78, 5) is 4.09. The predicted octanol–water partition coefficient (Wildman–Crippen LogP) is 4.59. The highest BCUT2D eigenvalue weighted by atomic mass is 35.5. The smallest absolute Gasteiger partial charge is 0.223 e. The van der Waals surface area contributed by atoms with Gasteiger partial charge in [0.2, 0.25) is 11.7 Å². The van der Waals surface area contributed by atoms with Gasteiger partial charge in [-0.3, -0.25) is 0 Å². The fraction of sp³-hybridized carbons (Fsp3) is 0.222. The van der Waals surface area contributed by atoms with E-state index in [-0.39, 0.29) is 22.5 Å². The van der Waals surface area contributed by atoms with Crippen LogP contribution in [0.25, 0.3) is 22.5 Å². The monoisotopic (exact) mass is 361 g/mol. The van der Waals surface area contributed by atoms with E-state index in [1.807, 2.05) is 6.07 Å². The fourth-order valence-electron chi connectivity index (χ4n) is 3.34. The molecule has 1 unspecified atom stereocenters. The van der Waals surface area contributed by atoms with Crippen LogP contribution in [0.2, 0.25) is 5.02 Å². The second kappa shape index (κ2) is 5.89. The van der Waals surface area contributed by atoms with Crippen LogP contribution in [0, 0.1) is 18.6 Å². The normalized spacial score (nSPS) is 16.3. The van der Waals surface area contributed by atoms with Crippen LogP contribution in [0.4, 0.5) is 8.78 Å². The minimum atomic E-state index is -0.596. The summed E-state index contributed by atoms with van der Waals surface area (Å²) < 4.78 is 34.1. The molecule has 0 bridgehead atoms. The summed E-state index contributed by atoms with van der Waals surface area (Å²) in [6.07, 6.45) is 1.37. The molecule has 4 nitrogen and oxygen atoms in total. The quantitative estimate of drug-likeness (QED) is 0.725. The van der Waals surface area contributed by atoms with E-state index < -0.39 is 11.6 Å². The number of aryl methyl sites for hydroxylation is 2. The first-order valence-corrected chi connectivity index (χ1v) is 8.20. The molecule has 0 aliphatic heterocycles. The first-order valence-electron chi connectivity index (χ1n) is 7.82. The van der Waals surface area contributed by atoms with Crippen LogP contribution in [0.5, 0.6) is 0 Å².